The van der Waals surface area contributed by atoms with Crippen LogP contribution in [0, 0.1) is 5.82 Å². The molecular formula is C28H25ClFN3O3S. The number of carbonyl (C=O) groups excluding carboxylic acids is 1. The summed E-state index contributed by atoms with van der Waals surface area (Å²) in [5.41, 5.74) is 1.68. The molecule has 6 nitrogen and oxygen atoms in total. The zero-order valence-electron chi connectivity index (χ0n) is 20.0. The molecule has 0 N–H and O–H groups in total. The second-order valence-corrected chi connectivity index (χ2v) is 11.5. The quantitative estimate of drug-likeness (QED) is 0.348. The van der Waals surface area contributed by atoms with Gasteiger partial charge < -0.3 is 4.90 Å². The van der Waals surface area contributed by atoms with Gasteiger partial charge in [0.25, 0.3) is 5.91 Å². The van der Waals surface area contributed by atoms with Crippen molar-refractivity contribution in [2.24, 2.45) is 0 Å². The van der Waals surface area contributed by atoms with E-state index in [9.17, 15) is 13.2 Å². The van der Waals surface area contributed by atoms with Crippen LogP contribution in [0.15, 0.2) is 83.9 Å². The number of hydrogen-bond acceptors (Lipinski definition) is 5. The van der Waals surface area contributed by atoms with Gasteiger partial charge in [-0.1, -0.05) is 48.0 Å². The number of benzene rings is 3. The van der Waals surface area contributed by atoms with Crippen molar-refractivity contribution < 1.29 is 17.6 Å². The number of rotatable bonds is 6. The first-order valence-corrected chi connectivity index (χ1v) is 13.9. The predicted molar refractivity (Wildman–Crippen MR) is 142 cm³/mol. The Kier molecular flexibility index (Phi) is 7.24. The van der Waals surface area contributed by atoms with E-state index >= 15 is 4.39 Å². The summed E-state index contributed by atoms with van der Waals surface area (Å²) in [6.07, 6.45) is 1.53. The highest BCUT2D eigenvalue weighted by Crippen LogP contribution is 2.25. The van der Waals surface area contributed by atoms with Crippen molar-refractivity contribution in [3.63, 3.8) is 0 Å². The number of piperazine rings is 1. The van der Waals surface area contributed by atoms with E-state index in [1.54, 1.807) is 29.2 Å². The molecule has 5 rings (SSSR count). The number of pyridine rings is 1. The van der Waals surface area contributed by atoms with E-state index in [0.29, 0.717) is 42.1 Å². The molecule has 4 aromatic rings. The van der Waals surface area contributed by atoms with E-state index in [1.807, 2.05) is 24.3 Å². The number of sulfone groups is 1. The van der Waals surface area contributed by atoms with Crippen LogP contribution < -0.4 is 0 Å². The van der Waals surface area contributed by atoms with Crippen molar-refractivity contribution >= 4 is 38.2 Å². The molecule has 1 fully saturated rings. The molecule has 37 heavy (non-hydrogen) atoms. The summed E-state index contributed by atoms with van der Waals surface area (Å²) in [5.74, 6) is -1.51. The van der Waals surface area contributed by atoms with E-state index in [-0.39, 0.29) is 21.9 Å². The van der Waals surface area contributed by atoms with E-state index in [4.69, 9.17) is 11.6 Å². The molecule has 1 aliphatic rings. The summed E-state index contributed by atoms with van der Waals surface area (Å²) < 4.78 is 41.2. The lowest BCUT2D eigenvalue weighted by atomic mass is 10.1. The van der Waals surface area contributed by atoms with E-state index in [0.717, 1.165) is 18.2 Å². The van der Waals surface area contributed by atoms with Gasteiger partial charge in [0.2, 0.25) is 0 Å². The second-order valence-electron chi connectivity index (χ2n) is 9.09. The highest BCUT2D eigenvalue weighted by molar-refractivity contribution is 7.90. The van der Waals surface area contributed by atoms with Gasteiger partial charge in [0.05, 0.1) is 16.2 Å². The van der Waals surface area contributed by atoms with Gasteiger partial charge in [-0.2, -0.15) is 0 Å². The molecule has 1 aromatic heterocycles. The van der Waals surface area contributed by atoms with Crippen LogP contribution in [0.3, 0.4) is 0 Å². The lowest BCUT2D eigenvalue weighted by Gasteiger charge is -2.34. The number of amides is 1. The number of aromatic nitrogens is 1. The predicted octanol–water partition coefficient (Wildman–Crippen LogP) is 4.96. The lowest BCUT2D eigenvalue weighted by Crippen LogP contribution is -2.48. The minimum atomic E-state index is -3.86. The molecule has 0 unspecified atom stereocenters. The van der Waals surface area contributed by atoms with Crippen LogP contribution in [0.1, 0.15) is 21.5 Å². The van der Waals surface area contributed by atoms with E-state index in [1.165, 1.54) is 24.4 Å². The maximum atomic E-state index is 15.0. The van der Waals surface area contributed by atoms with Crippen LogP contribution >= 0.6 is 11.6 Å². The normalized spacial score (nSPS) is 14.7. The fraction of sp³-hybridized carbons (Fsp3) is 0.214. The molecule has 0 saturated carbocycles. The lowest BCUT2D eigenvalue weighted by molar-refractivity contribution is 0.0628. The Morgan fingerprint density at radius 3 is 2.46 bits per heavy atom. The third-order valence-electron chi connectivity index (χ3n) is 6.53. The van der Waals surface area contributed by atoms with Crippen molar-refractivity contribution in [1.82, 2.24) is 14.8 Å². The Bertz CT molecular complexity index is 1570. The average Bonchev–Trinajstić information content (AvgIpc) is 2.89. The summed E-state index contributed by atoms with van der Waals surface area (Å²) in [5, 5.41) is 1.39. The standard InChI is InChI=1S/C28H25ClFN3O3S/c29-24-7-1-4-20(16-24)18-32-12-14-33(15-13-32)28(34)22-9-10-23(25(30)17-22)19-37(35,36)26-8-2-5-21-6-3-11-31-27(21)26/h1-11,16-17H,12-15,18-19H2. The SMILES string of the molecule is O=C(c1ccc(CS(=O)(=O)c2cccc3cccnc23)c(F)c1)N1CCN(Cc2cccc(Cl)c2)CC1. The van der Waals surface area contributed by atoms with Gasteiger partial charge in [0.15, 0.2) is 9.84 Å². The zero-order chi connectivity index (χ0) is 26.0. The first-order valence-electron chi connectivity index (χ1n) is 11.9. The van der Waals surface area contributed by atoms with Gasteiger partial charge in [-0.3, -0.25) is 14.7 Å². The average molecular weight is 538 g/mol. The van der Waals surface area contributed by atoms with E-state index < -0.39 is 21.4 Å². The first-order chi connectivity index (χ1) is 17.8. The smallest absolute Gasteiger partial charge is 0.254 e. The minimum Gasteiger partial charge on any atom is -0.336 e. The molecule has 0 aliphatic carbocycles. The van der Waals surface area contributed by atoms with E-state index in [2.05, 4.69) is 9.88 Å². The van der Waals surface area contributed by atoms with Crippen molar-refractivity contribution in [3.05, 3.63) is 107 Å². The molecule has 0 spiro atoms. The highest BCUT2D eigenvalue weighted by Gasteiger charge is 2.25. The van der Waals surface area contributed by atoms with Crippen LogP contribution in [0.25, 0.3) is 10.9 Å². The van der Waals surface area contributed by atoms with Crippen molar-refractivity contribution in [3.8, 4) is 0 Å². The molecule has 0 radical (unpaired) electrons. The number of nitrogens with zero attached hydrogens (tertiary/aromatic N) is 3. The second kappa shape index (κ2) is 10.6. The Morgan fingerprint density at radius 2 is 1.70 bits per heavy atom. The summed E-state index contributed by atoms with van der Waals surface area (Å²) in [7, 11) is -3.86. The van der Waals surface area contributed by atoms with Gasteiger partial charge in [0, 0.05) is 60.5 Å². The first kappa shape index (κ1) is 25.3. The van der Waals surface area contributed by atoms with Gasteiger partial charge >= 0.3 is 0 Å². The van der Waals surface area contributed by atoms with Crippen LogP contribution in [-0.2, 0) is 22.1 Å². The van der Waals surface area contributed by atoms with Crippen LogP contribution in [-0.4, -0.2) is 55.3 Å². The topological polar surface area (TPSA) is 70.6 Å². The van der Waals surface area contributed by atoms with Gasteiger partial charge in [-0.15, -0.1) is 0 Å². The Morgan fingerprint density at radius 1 is 0.946 bits per heavy atom. The molecule has 1 aliphatic heterocycles. The fourth-order valence-corrected chi connectivity index (χ4v) is 6.36. The number of fused-ring (bicyclic) bond motifs is 1. The molecule has 2 heterocycles. The Balaban J connectivity index is 1.25. The van der Waals surface area contributed by atoms with Gasteiger partial charge in [-0.05, 0) is 42.0 Å². The van der Waals surface area contributed by atoms with Crippen molar-refractivity contribution in [2.45, 2.75) is 17.2 Å². The summed E-state index contributed by atoms with van der Waals surface area (Å²) in [4.78, 5) is 21.2. The molecule has 190 valence electrons. The third kappa shape index (κ3) is 5.66. The van der Waals surface area contributed by atoms with Crippen molar-refractivity contribution in [1.29, 1.82) is 0 Å². The van der Waals surface area contributed by atoms with Crippen molar-refractivity contribution in [2.75, 3.05) is 26.2 Å². The van der Waals surface area contributed by atoms with Crippen LogP contribution in [0.4, 0.5) is 4.39 Å². The maximum absolute atomic E-state index is 15.0. The van der Waals surface area contributed by atoms with Gasteiger partial charge in [0.1, 0.15) is 5.82 Å². The number of halogens is 2. The minimum absolute atomic E-state index is 0.0100. The third-order valence-corrected chi connectivity index (χ3v) is 8.46. The molecule has 1 amide bonds. The molecule has 1 saturated heterocycles. The van der Waals surface area contributed by atoms with Crippen LogP contribution in [0.2, 0.25) is 5.02 Å². The maximum Gasteiger partial charge on any atom is 0.254 e. The zero-order valence-corrected chi connectivity index (χ0v) is 21.6. The van der Waals surface area contributed by atoms with Gasteiger partial charge in [-0.25, -0.2) is 12.8 Å². The molecule has 3 aromatic carbocycles. The molecular weight excluding hydrogens is 513 g/mol. The summed E-state index contributed by atoms with van der Waals surface area (Å²) >= 11 is 6.07. The van der Waals surface area contributed by atoms with Crippen LogP contribution in [0.5, 0.6) is 0 Å². The monoisotopic (exact) mass is 537 g/mol. The number of hydrogen-bond donors (Lipinski definition) is 0. The molecule has 0 bridgehead atoms. The fourth-order valence-electron chi connectivity index (χ4n) is 4.59. The highest BCUT2D eigenvalue weighted by atomic mass is 35.5. The molecule has 0 atom stereocenters. The molecule has 9 heteroatoms. The Labute approximate surface area is 220 Å². The summed E-state index contributed by atoms with van der Waals surface area (Å²) in [6.45, 7) is 3.16. The number of carbonyl (C=O) groups is 1. The summed E-state index contributed by atoms with van der Waals surface area (Å²) in [6, 6.07) is 20.1. The largest absolute Gasteiger partial charge is 0.336 e. The Hall–Kier alpha value is -3.33. The number of para-hydroxylation sites is 1.